The number of amides is 3. The van der Waals surface area contributed by atoms with Crippen LogP contribution in [0.25, 0.3) is 0 Å². The first-order valence-corrected chi connectivity index (χ1v) is 13.2. The summed E-state index contributed by atoms with van der Waals surface area (Å²) in [5.41, 5.74) is 5.17. The van der Waals surface area contributed by atoms with Crippen molar-refractivity contribution in [3.63, 3.8) is 0 Å². The Morgan fingerprint density at radius 1 is 1.00 bits per heavy atom. The average molecular weight is 532 g/mol. The Balaban J connectivity index is 1.16. The van der Waals surface area contributed by atoms with Gasteiger partial charge in [0.05, 0.1) is 5.92 Å². The highest BCUT2D eigenvalue weighted by molar-refractivity contribution is 6.28. The van der Waals surface area contributed by atoms with E-state index >= 15 is 0 Å². The third kappa shape index (κ3) is 5.41. The number of nitrogens with zero attached hydrogens (tertiary/aromatic N) is 4. The molecule has 0 bridgehead atoms. The molecule has 3 heterocycles. The first-order valence-electron chi connectivity index (χ1n) is 12.9. The minimum atomic E-state index is -0.396. The molecule has 0 saturated carbocycles. The van der Waals surface area contributed by atoms with Crippen LogP contribution in [0.2, 0.25) is 5.28 Å². The number of hydrogen-bond acceptors (Lipinski definition) is 5. The molecule has 2 aromatic carbocycles. The molecule has 3 amide bonds. The van der Waals surface area contributed by atoms with Crippen LogP contribution in [0.15, 0.2) is 54.7 Å². The first kappa shape index (κ1) is 25.9. The molecule has 1 atom stereocenters. The molecule has 0 aliphatic carbocycles. The summed E-state index contributed by atoms with van der Waals surface area (Å²) in [7, 11) is 0. The number of aryl methyl sites for hydroxylation is 2. The fraction of sp³-hybridized carbons (Fsp3) is 0.345. The van der Waals surface area contributed by atoms with E-state index in [2.05, 4.69) is 15.3 Å². The normalized spacial score (nSPS) is 18.1. The van der Waals surface area contributed by atoms with Crippen LogP contribution in [0.4, 0.5) is 11.4 Å². The zero-order valence-electron chi connectivity index (χ0n) is 21.5. The van der Waals surface area contributed by atoms with Crippen LogP contribution in [0.1, 0.15) is 52.4 Å². The number of carbonyl (C=O) groups excluding carboxylic acids is 3. The highest BCUT2D eigenvalue weighted by Gasteiger charge is 2.36. The van der Waals surface area contributed by atoms with Gasteiger partial charge in [0.25, 0.3) is 5.91 Å². The zero-order valence-corrected chi connectivity index (χ0v) is 22.2. The van der Waals surface area contributed by atoms with Gasteiger partial charge in [-0.3, -0.25) is 14.4 Å². The molecule has 5 rings (SSSR count). The van der Waals surface area contributed by atoms with Crippen LogP contribution in [0.5, 0.6) is 0 Å². The molecule has 0 spiro atoms. The fourth-order valence-corrected chi connectivity index (χ4v) is 5.59. The number of piperidine rings is 1. The number of aromatic nitrogens is 2. The summed E-state index contributed by atoms with van der Waals surface area (Å²) in [5.74, 6) is -0.363. The Morgan fingerprint density at radius 2 is 1.68 bits per heavy atom. The number of hydrogen-bond donors (Lipinski definition) is 1. The molecule has 2 fully saturated rings. The van der Waals surface area contributed by atoms with Crippen molar-refractivity contribution in [2.75, 3.05) is 29.9 Å². The molecule has 2 aliphatic heterocycles. The second-order valence-electron chi connectivity index (χ2n) is 10.0. The Bertz CT molecular complexity index is 1350. The first-order chi connectivity index (χ1) is 18.3. The lowest BCUT2D eigenvalue weighted by Crippen LogP contribution is -2.38. The lowest BCUT2D eigenvalue weighted by Gasteiger charge is -2.32. The summed E-state index contributed by atoms with van der Waals surface area (Å²) < 4.78 is 0. The van der Waals surface area contributed by atoms with E-state index in [1.165, 1.54) is 11.8 Å². The van der Waals surface area contributed by atoms with E-state index in [9.17, 15) is 14.4 Å². The van der Waals surface area contributed by atoms with Gasteiger partial charge in [-0.1, -0.05) is 30.3 Å². The molecule has 9 heteroatoms. The molecule has 1 aromatic heterocycles. The van der Waals surface area contributed by atoms with Crippen molar-refractivity contribution < 1.29 is 14.4 Å². The molecule has 0 radical (unpaired) electrons. The van der Waals surface area contributed by atoms with Gasteiger partial charge in [0, 0.05) is 43.6 Å². The van der Waals surface area contributed by atoms with Crippen molar-refractivity contribution in [2.45, 2.75) is 39.0 Å². The second-order valence-corrected chi connectivity index (χ2v) is 10.4. The lowest BCUT2D eigenvalue weighted by molar-refractivity contribution is -0.122. The van der Waals surface area contributed by atoms with Gasteiger partial charge in [0.15, 0.2) is 0 Å². The largest absolute Gasteiger partial charge is 0.337 e. The van der Waals surface area contributed by atoms with Crippen molar-refractivity contribution in [3.05, 3.63) is 82.4 Å². The molecule has 1 unspecified atom stereocenters. The molecule has 1 N–H and O–H groups in total. The molecule has 8 nitrogen and oxygen atoms in total. The average Bonchev–Trinajstić information content (AvgIpc) is 3.30. The molecular weight excluding hydrogens is 502 g/mol. The number of rotatable bonds is 5. The van der Waals surface area contributed by atoms with Gasteiger partial charge in [-0.25, -0.2) is 9.97 Å². The third-order valence-corrected chi connectivity index (χ3v) is 7.66. The topological polar surface area (TPSA) is 95.5 Å². The lowest BCUT2D eigenvalue weighted by atomic mass is 9.89. The number of halogens is 1. The quantitative estimate of drug-likeness (QED) is 0.479. The second kappa shape index (κ2) is 10.9. The summed E-state index contributed by atoms with van der Waals surface area (Å²) in [6.07, 6.45) is 3.38. The van der Waals surface area contributed by atoms with Crippen molar-refractivity contribution in [1.82, 2.24) is 14.9 Å². The Kier molecular flexibility index (Phi) is 7.42. The summed E-state index contributed by atoms with van der Waals surface area (Å²) >= 11 is 5.83. The number of para-hydroxylation sites is 1. The third-order valence-electron chi connectivity index (χ3n) is 7.48. The number of anilines is 2. The van der Waals surface area contributed by atoms with Gasteiger partial charge in [0.1, 0.15) is 5.69 Å². The van der Waals surface area contributed by atoms with Gasteiger partial charge in [-0.05, 0) is 79.1 Å². The van der Waals surface area contributed by atoms with Crippen LogP contribution in [0, 0.1) is 19.8 Å². The van der Waals surface area contributed by atoms with Crippen LogP contribution < -0.4 is 10.2 Å². The van der Waals surface area contributed by atoms with E-state index in [-0.39, 0.29) is 29.4 Å². The van der Waals surface area contributed by atoms with Crippen molar-refractivity contribution in [3.8, 4) is 0 Å². The molecule has 2 aliphatic rings. The molecule has 196 valence electrons. The van der Waals surface area contributed by atoms with Crippen LogP contribution in [0.3, 0.4) is 0 Å². The summed E-state index contributed by atoms with van der Waals surface area (Å²) in [6.45, 7) is 5.63. The molecular formula is C29H30ClN5O3. The van der Waals surface area contributed by atoms with Crippen molar-refractivity contribution in [2.24, 2.45) is 5.92 Å². The van der Waals surface area contributed by atoms with Gasteiger partial charge in [-0.2, -0.15) is 0 Å². The minimum absolute atomic E-state index is 0.0227. The Hall–Kier alpha value is -3.78. The van der Waals surface area contributed by atoms with E-state index in [1.807, 2.05) is 56.3 Å². The van der Waals surface area contributed by atoms with Gasteiger partial charge in [-0.15, -0.1) is 0 Å². The predicted molar refractivity (Wildman–Crippen MR) is 146 cm³/mol. The van der Waals surface area contributed by atoms with Crippen molar-refractivity contribution in [1.29, 1.82) is 0 Å². The summed E-state index contributed by atoms with van der Waals surface area (Å²) in [6, 6.07) is 15.4. The van der Waals surface area contributed by atoms with E-state index in [0.717, 1.165) is 29.7 Å². The number of carbonyl (C=O) groups is 3. The standard InChI is InChI=1S/C29H30ClN5O3/c1-18-4-3-5-19(2)26(18)35-17-22(16-25(35)36)27(37)32-23-8-6-20(7-9-23)21-11-14-34(15-12-21)28(38)24-10-13-31-29(30)33-24/h3-10,13,21-22H,11-12,14-17H2,1-2H3,(H,32,37). The maximum Gasteiger partial charge on any atom is 0.272 e. The summed E-state index contributed by atoms with van der Waals surface area (Å²) in [5, 5.41) is 3.05. The predicted octanol–water partition coefficient (Wildman–Crippen LogP) is 4.76. The van der Waals surface area contributed by atoms with Gasteiger partial charge >= 0.3 is 0 Å². The van der Waals surface area contributed by atoms with E-state index in [0.29, 0.717) is 36.9 Å². The molecule has 2 saturated heterocycles. The van der Waals surface area contributed by atoms with Crippen LogP contribution >= 0.6 is 11.6 Å². The van der Waals surface area contributed by atoms with Crippen molar-refractivity contribution >= 4 is 40.7 Å². The Labute approximate surface area is 227 Å². The smallest absolute Gasteiger partial charge is 0.272 e. The molecule has 3 aromatic rings. The maximum absolute atomic E-state index is 13.0. The van der Waals surface area contributed by atoms with Crippen LogP contribution in [-0.2, 0) is 9.59 Å². The maximum atomic E-state index is 13.0. The number of likely N-dealkylation sites (tertiary alicyclic amines) is 1. The summed E-state index contributed by atoms with van der Waals surface area (Å²) in [4.78, 5) is 49.8. The number of benzene rings is 2. The van der Waals surface area contributed by atoms with E-state index in [1.54, 1.807) is 15.9 Å². The SMILES string of the molecule is Cc1cccc(C)c1N1CC(C(=O)Nc2ccc(C3CCN(C(=O)c4ccnc(Cl)n4)CC3)cc2)CC1=O. The highest BCUT2D eigenvalue weighted by atomic mass is 35.5. The monoisotopic (exact) mass is 531 g/mol. The minimum Gasteiger partial charge on any atom is -0.337 e. The Morgan fingerprint density at radius 3 is 2.34 bits per heavy atom. The van der Waals surface area contributed by atoms with Gasteiger partial charge in [0.2, 0.25) is 17.1 Å². The zero-order chi connectivity index (χ0) is 26.8. The van der Waals surface area contributed by atoms with E-state index in [4.69, 9.17) is 11.6 Å². The number of nitrogens with one attached hydrogen (secondary N) is 1. The highest BCUT2D eigenvalue weighted by Crippen LogP contribution is 2.32. The fourth-order valence-electron chi connectivity index (χ4n) is 5.45. The van der Waals surface area contributed by atoms with E-state index < -0.39 is 5.92 Å². The van der Waals surface area contributed by atoms with Crippen LogP contribution in [-0.4, -0.2) is 52.2 Å². The molecule has 38 heavy (non-hydrogen) atoms. The van der Waals surface area contributed by atoms with Gasteiger partial charge < -0.3 is 15.1 Å².